The number of carbonyl (C=O) groups excluding carboxylic acids is 1. The van der Waals surface area contributed by atoms with Crippen LogP contribution in [0.2, 0.25) is 0 Å². The fourth-order valence-corrected chi connectivity index (χ4v) is 2.07. The van der Waals surface area contributed by atoms with Gasteiger partial charge in [0.25, 0.3) is 0 Å². The molecule has 106 valence electrons. The Hall–Kier alpha value is -1.40. The molecule has 0 aliphatic carbocycles. The van der Waals surface area contributed by atoms with Gasteiger partial charge in [-0.2, -0.15) is 5.10 Å². The molecule has 1 aromatic rings. The second-order valence-corrected chi connectivity index (χ2v) is 5.96. The van der Waals surface area contributed by atoms with Gasteiger partial charge in [-0.05, 0) is 6.42 Å². The van der Waals surface area contributed by atoms with E-state index < -0.39 is 0 Å². The fraction of sp³-hybridized carbons (Fsp3) is 0.692. The van der Waals surface area contributed by atoms with Gasteiger partial charge < -0.3 is 15.4 Å². The minimum atomic E-state index is -0.209. The Morgan fingerprint density at radius 3 is 2.79 bits per heavy atom. The lowest BCUT2D eigenvalue weighted by molar-refractivity contribution is -0.118. The number of aromatic nitrogens is 2. The molecule has 1 amide bonds. The molecule has 1 saturated heterocycles. The van der Waals surface area contributed by atoms with Crippen LogP contribution in [0.4, 0.5) is 5.82 Å². The summed E-state index contributed by atoms with van der Waals surface area (Å²) >= 11 is 0. The molecule has 0 spiro atoms. The van der Waals surface area contributed by atoms with E-state index in [1.54, 1.807) is 7.11 Å². The topological polar surface area (TPSA) is 79.0 Å². The summed E-state index contributed by atoms with van der Waals surface area (Å²) in [6.45, 7) is 6.98. The molecule has 1 fully saturated rings. The van der Waals surface area contributed by atoms with Crippen LogP contribution in [0, 0.1) is 0 Å². The molecule has 3 N–H and O–H groups in total. The average molecular weight is 266 g/mol. The molecule has 6 nitrogen and oxygen atoms in total. The number of nitrogens with zero attached hydrogens (tertiary/aromatic N) is 1. The van der Waals surface area contributed by atoms with Crippen molar-refractivity contribution in [3.05, 3.63) is 11.8 Å². The van der Waals surface area contributed by atoms with E-state index in [1.807, 2.05) is 6.07 Å². The highest BCUT2D eigenvalue weighted by Gasteiger charge is 2.29. The first-order valence-electron chi connectivity index (χ1n) is 6.53. The van der Waals surface area contributed by atoms with Crippen molar-refractivity contribution in [1.29, 1.82) is 0 Å². The maximum absolute atomic E-state index is 12.1. The normalized spacial score (nSPS) is 23.6. The highest BCUT2D eigenvalue weighted by molar-refractivity contribution is 5.94. The van der Waals surface area contributed by atoms with Crippen LogP contribution >= 0.6 is 0 Å². The van der Waals surface area contributed by atoms with Crippen molar-refractivity contribution in [3.8, 4) is 0 Å². The number of H-pyrrole nitrogens is 1. The Kier molecular flexibility index (Phi) is 3.91. The van der Waals surface area contributed by atoms with E-state index in [1.165, 1.54) is 0 Å². The number of ether oxygens (including phenoxy) is 1. The predicted octanol–water partition coefficient (Wildman–Crippen LogP) is 1.02. The Balaban J connectivity index is 1.94. The summed E-state index contributed by atoms with van der Waals surface area (Å²) in [5.74, 6) is 0.504. The van der Waals surface area contributed by atoms with Gasteiger partial charge in [-0.3, -0.25) is 9.89 Å². The molecule has 0 saturated carbocycles. The highest BCUT2D eigenvalue weighted by Crippen LogP contribution is 2.22. The molecule has 6 heteroatoms. The summed E-state index contributed by atoms with van der Waals surface area (Å²) in [5.41, 5.74) is 0.986. The Labute approximate surface area is 113 Å². The number of anilines is 1. The lowest BCUT2D eigenvalue weighted by Gasteiger charge is -2.14. The lowest BCUT2D eigenvalue weighted by Crippen LogP contribution is -2.35. The van der Waals surface area contributed by atoms with Crippen molar-refractivity contribution < 1.29 is 9.53 Å². The summed E-state index contributed by atoms with van der Waals surface area (Å²) in [4.78, 5) is 12.1. The number of nitrogens with one attached hydrogen (secondary N) is 3. The largest absolute Gasteiger partial charge is 0.380 e. The highest BCUT2D eigenvalue weighted by atomic mass is 16.5. The third kappa shape index (κ3) is 3.33. The van der Waals surface area contributed by atoms with Gasteiger partial charge in [-0.1, -0.05) is 20.8 Å². The molecule has 1 aromatic heterocycles. The van der Waals surface area contributed by atoms with E-state index in [9.17, 15) is 4.79 Å². The van der Waals surface area contributed by atoms with Gasteiger partial charge in [0.1, 0.15) is 0 Å². The van der Waals surface area contributed by atoms with Crippen LogP contribution < -0.4 is 10.6 Å². The summed E-state index contributed by atoms with van der Waals surface area (Å²) in [5, 5.41) is 13.0. The minimum absolute atomic E-state index is 0.0112. The minimum Gasteiger partial charge on any atom is -0.380 e. The quantitative estimate of drug-likeness (QED) is 0.763. The molecule has 0 aromatic carbocycles. The zero-order valence-corrected chi connectivity index (χ0v) is 11.9. The van der Waals surface area contributed by atoms with Crippen molar-refractivity contribution >= 4 is 11.7 Å². The molecule has 2 atom stereocenters. The number of aromatic amines is 1. The summed E-state index contributed by atoms with van der Waals surface area (Å²) < 4.78 is 5.23. The molecule has 2 unspecified atom stereocenters. The molecule has 2 heterocycles. The molecule has 0 radical (unpaired) electrons. The van der Waals surface area contributed by atoms with Crippen LogP contribution in [0.15, 0.2) is 6.07 Å². The Morgan fingerprint density at radius 2 is 2.26 bits per heavy atom. The maximum Gasteiger partial charge on any atom is 0.242 e. The second kappa shape index (κ2) is 5.30. The fourth-order valence-electron chi connectivity index (χ4n) is 2.07. The van der Waals surface area contributed by atoms with E-state index in [0.717, 1.165) is 5.69 Å². The number of hydrogen-bond acceptors (Lipinski definition) is 4. The number of carbonyl (C=O) groups is 1. The first kappa shape index (κ1) is 14.0. The van der Waals surface area contributed by atoms with Crippen molar-refractivity contribution in [2.45, 2.75) is 44.8 Å². The van der Waals surface area contributed by atoms with E-state index in [2.05, 4.69) is 41.6 Å². The number of hydrogen-bond donors (Lipinski definition) is 3. The van der Waals surface area contributed by atoms with E-state index in [0.29, 0.717) is 18.8 Å². The summed E-state index contributed by atoms with van der Waals surface area (Å²) in [7, 11) is 1.66. The third-order valence-corrected chi connectivity index (χ3v) is 3.38. The molecule has 0 bridgehead atoms. The van der Waals surface area contributed by atoms with Gasteiger partial charge >= 0.3 is 0 Å². The first-order valence-corrected chi connectivity index (χ1v) is 6.53. The zero-order valence-electron chi connectivity index (χ0n) is 11.9. The van der Waals surface area contributed by atoms with Gasteiger partial charge in [0.2, 0.25) is 5.91 Å². The summed E-state index contributed by atoms with van der Waals surface area (Å²) in [6.07, 6.45) is 0.805. The third-order valence-electron chi connectivity index (χ3n) is 3.38. The van der Waals surface area contributed by atoms with Crippen molar-refractivity contribution in [3.63, 3.8) is 0 Å². The SMILES string of the molecule is COC1CNC(C(=O)Nc2cc(C(C)(C)C)[nH]n2)C1. The number of amides is 1. The molecular formula is C13H22N4O2. The average Bonchev–Trinajstić information content (AvgIpc) is 2.95. The van der Waals surface area contributed by atoms with E-state index in [-0.39, 0.29) is 23.5 Å². The molecule has 1 aliphatic rings. The molecule has 19 heavy (non-hydrogen) atoms. The number of rotatable bonds is 3. The predicted molar refractivity (Wildman–Crippen MR) is 73.1 cm³/mol. The van der Waals surface area contributed by atoms with Crippen LogP contribution in [0.1, 0.15) is 32.9 Å². The van der Waals surface area contributed by atoms with E-state index in [4.69, 9.17) is 4.74 Å². The first-order chi connectivity index (χ1) is 8.90. The van der Waals surface area contributed by atoms with Crippen LogP contribution in [0.3, 0.4) is 0 Å². The van der Waals surface area contributed by atoms with Gasteiger partial charge in [-0.15, -0.1) is 0 Å². The van der Waals surface area contributed by atoms with Crippen molar-refractivity contribution in [2.75, 3.05) is 19.0 Å². The van der Waals surface area contributed by atoms with Gasteiger partial charge in [0, 0.05) is 30.8 Å². The van der Waals surface area contributed by atoms with Gasteiger partial charge in [0.15, 0.2) is 5.82 Å². The smallest absolute Gasteiger partial charge is 0.242 e. The number of methoxy groups -OCH3 is 1. The maximum atomic E-state index is 12.1. The summed E-state index contributed by atoms with van der Waals surface area (Å²) in [6, 6.07) is 1.67. The van der Waals surface area contributed by atoms with Crippen LogP contribution in [-0.2, 0) is 14.9 Å². The molecular weight excluding hydrogens is 244 g/mol. The Bertz CT molecular complexity index is 450. The van der Waals surface area contributed by atoms with Crippen LogP contribution in [0.25, 0.3) is 0 Å². The molecule has 2 rings (SSSR count). The standard InChI is InChI=1S/C13H22N4O2/c1-13(2,3)10-6-11(17-16-10)15-12(18)9-5-8(19-4)7-14-9/h6,8-9,14H,5,7H2,1-4H3,(H2,15,16,17,18). The second-order valence-electron chi connectivity index (χ2n) is 5.96. The van der Waals surface area contributed by atoms with E-state index >= 15 is 0 Å². The monoisotopic (exact) mass is 266 g/mol. The van der Waals surface area contributed by atoms with Crippen LogP contribution in [0.5, 0.6) is 0 Å². The van der Waals surface area contributed by atoms with Crippen LogP contribution in [-0.4, -0.2) is 41.9 Å². The Morgan fingerprint density at radius 1 is 1.53 bits per heavy atom. The lowest BCUT2D eigenvalue weighted by atomic mass is 9.92. The molecule has 1 aliphatic heterocycles. The van der Waals surface area contributed by atoms with Gasteiger partial charge in [0.05, 0.1) is 12.1 Å². The van der Waals surface area contributed by atoms with Crippen molar-refractivity contribution in [2.24, 2.45) is 0 Å². The zero-order chi connectivity index (χ0) is 14.0. The van der Waals surface area contributed by atoms with Crippen molar-refractivity contribution in [1.82, 2.24) is 15.5 Å². The van der Waals surface area contributed by atoms with Gasteiger partial charge in [-0.25, -0.2) is 0 Å².